The van der Waals surface area contributed by atoms with Gasteiger partial charge in [-0.05, 0) is 43.7 Å². The summed E-state index contributed by atoms with van der Waals surface area (Å²) in [5.74, 6) is -1.48. The average Bonchev–Trinajstić information content (AvgIpc) is 3.01. The molecule has 0 aromatic heterocycles. The highest BCUT2D eigenvalue weighted by Gasteiger charge is 2.36. The lowest BCUT2D eigenvalue weighted by Gasteiger charge is -2.24. The molecule has 0 saturated carbocycles. The van der Waals surface area contributed by atoms with Crippen LogP contribution in [0.25, 0.3) is 0 Å². The van der Waals surface area contributed by atoms with Crippen molar-refractivity contribution in [2.24, 2.45) is 0 Å². The largest absolute Gasteiger partial charge is 0.478 e. The van der Waals surface area contributed by atoms with Gasteiger partial charge in [-0.15, -0.1) is 0 Å². The van der Waals surface area contributed by atoms with Crippen LogP contribution in [-0.2, 0) is 11.2 Å². The number of nitrogens with zero attached hydrogens (tertiary/aromatic N) is 2. The third-order valence-electron chi connectivity index (χ3n) is 4.83. The van der Waals surface area contributed by atoms with Crippen LogP contribution in [0.5, 0.6) is 0 Å². The Morgan fingerprint density at radius 2 is 1.92 bits per heavy atom. The number of rotatable bonds is 6. The lowest BCUT2D eigenvalue weighted by atomic mass is 10.0. The van der Waals surface area contributed by atoms with Gasteiger partial charge in [0.2, 0.25) is 5.91 Å². The number of anilines is 1. The van der Waals surface area contributed by atoms with Gasteiger partial charge in [0.1, 0.15) is 5.82 Å². The topological polar surface area (TPSA) is 60.9 Å². The molecule has 1 heterocycles. The third kappa shape index (κ3) is 3.60. The number of carbonyl (C=O) groups is 2. The van der Waals surface area contributed by atoms with Gasteiger partial charge < -0.3 is 10.0 Å². The quantitative estimate of drug-likeness (QED) is 0.865. The smallest absolute Gasteiger partial charge is 0.335 e. The molecule has 2 aromatic rings. The summed E-state index contributed by atoms with van der Waals surface area (Å²) in [6.45, 7) is 1.02. The number of benzene rings is 2. The van der Waals surface area contributed by atoms with Gasteiger partial charge in [0.15, 0.2) is 0 Å². The van der Waals surface area contributed by atoms with Crippen molar-refractivity contribution in [2.45, 2.75) is 18.9 Å². The Morgan fingerprint density at radius 1 is 1.23 bits per heavy atom. The fourth-order valence-corrected chi connectivity index (χ4v) is 3.38. The van der Waals surface area contributed by atoms with E-state index in [-0.39, 0.29) is 17.5 Å². The Bertz CT molecular complexity index is 824. The van der Waals surface area contributed by atoms with E-state index >= 15 is 0 Å². The van der Waals surface area contributed by atoms with Gasteiger partial charge in [0.05, 0.1) is 17.3 Å². The van der Waals surface area contributed by atoms with E-state index in [9.17, 15) is 19.1 Å². The summed E-state index contributed by atoms with van der Waals surface area (Å²) in [4.78, 5) is 27.4. The van der Waals surface area contributed by atoms with Crippen LogP contribution < -0.4 is 4.90 Å². The molecule has 1 atom stereocenters. The van der Waals surface area contributed by atoms with Crippen molar-refractivity contribution < 1.29 is 19.1 Å². The Kier molecular flexibility index (Phi) is 5.32. The summed E-state index contributed by atoms with van der Waals surface area (Å²) in [7, 11) is 1.84. The Hall–Kier alpha value is -2.73. The minimum absolute atomic E-state index is 0.121. The molecule has 0 radical (unpaired) electrons. The van der Waals surface area contributed by atoms with Crippen LogP contribution >= 0.6 is 0 Å². The number of amides is 1. The van der Waals surface area contributed by atoms with Crippen LogP contribution in [0, 0.1) is 5.82 Å². The molecule has 5 nitrogen and oxygen atoms in total. The Balaban J connectivity index is 1.66. The highest BCUT2D eigenvalue weighted by Crippen LogP contribution is 2.26. The normalized spacial score (nSPS) is 17.1. The van der Waals surface area contributed by atoms with E-state index < -0.39 is 11.8 Å². The van der Waals surface area contributed by atoms with Crippen LogP contribution in [0.3, 0.4) is 0 Å². The van der Waals surface area contributed by atoms with Crippen molar-refractivity contribution in [2.75, 3.05) is 25.0 Å². The molecule has 1 aliphatic rings. The summed E-state index contributed by atoms with van der Waals surface area (Å²) in [5.41, 5.74) is 1.33. The molecule has 6 heteroatoms. The van der Waals surface area contributed by atoms with Gasteiger partial charge in [0, 0.05) is 13.1 Å². The van der Waals surface area contributed by atoms with Crippen molar-refractivity contribution in [1.82, 2.24) is 4.90 Å². The summed E-state index contributed by atoms with van der Waals surface area (Å²) in [5, 5.41) is 9.26. The number of para-hydroxylation sites is 1. The van der Waals surface area contributed by atoms with Crippen molar-refractivity contribution >= 4 is 17.6 Å². The highest BCUT2D eigenvalue weighted by molar-refractivity contribution is 5.99. The van der Waals surface area contributed by atoms with E-state index in [4.69, 9.17) is 0 Å². The maximum atomic E-state index is 14.0. The monoisotopic (exact) mass is 356 g/mol. The SMILES string of the molecule is CN(CCc1ccccc1C(=O)O)C1CCN(c2ccccc2F)C1=O. The number of aromatic carboxylic acids is 1. The predicted molar refractivity (Wildman–Crippen MR) is 96.9 cm³/mol. The molecule has 26 heavy (non-hydrogen) atoms. The molecule has 3 rings (SSSR count). The predicted octanol–water partition coefficient (Wildman–Crippen LogP) is 2.80. The first-order valence-corrected chi connectivity index (χ1v) is 8.56. The first kappa shape index (κ1) is 18.1. The molecular formula is C20H21FN2O3. The summed E-state index contributed by atoms with van der Waals surface area (Å²) >= 11 is 0. The van der Waals surface area contributed by atoms with E-state index in [1.54, 1.807) is 36.4 Å². The zero-order valence-corrected chi connectivity index (χ0v) is 14.6. The molecule has 1 unspecified atom stereocenters. The van der Waals surface area contributed by atoms with E-state index in [1.807, 2.05) is 18.0 Å². The van der Waals surface area contributed by atoms with Crippen molar-refractivity contribution in [3.63, 3.8) is 0 Å². The molecule has 0 bridgehead atoms. The summed E-state index contributed by atoms with van der Waals surface area (Å²) < 4.78 is 14.0. The molecule has 2 aromatic carbocycles. The number of halogens is 1. The van der Waals surface area contributed by atoms with E-state index in [0.29, 0.717) is 31.6 Å². The van der Waals surface area contributed by atoms with Crippen LogP contribution in [0.4, 0.5) is 10.1 Å². The van der Waals surface area contributed by atoms with Gasteiger partial charge in [-0.1, -0.05) is 30.3 Å². The van der Waals surface area contributed by atoms with Crippen molar-refractivity contribution in [3.05, 3.63) is 65.5 Å². The second-order valence-corrected chi connectivity index (χ2v) is 6.44. The maximum Gasteiger partial charge on any atom is 0.335 e. The van der Waals surface area contributed by atoms with Crippen molar-refractivity contribution in [3.8, 4) is 0 Å². The lowest BCUT2D eigenvalue weighted by Crippen LogP contribution is -2.40. The average molecular weight is 356 g/mol. The molecule has 1 fully saturated rings. The number of hydrogen-bond acceptors (Lipinski definition) is 3. The standard InChI is InChI=1S/C20H21FN2O3/c1-22(12-10-14-6-2-3-7-15(14)20(25)26)18-11-13-23(19(18)24)17-9-5-4-8-16(17)21/h2-9,18H,10-13H2,1H3,(H,25,26). The van der Waals surface area contributed by atoms with Gasteiger partial charge >= 0.3 is 5.97 Å². The van der Waals surface area contributed by atoms with Gasteiger partial charge in [0.25, 0.3) is 0 Å². The molecule has 0 aliphatic carbocycles. The fraction of sp³-hybridized carbons (Fsp3) is 0.300. The molecule has 1 amide bonds. The number of hydrogen-bond donors (Lipinski definition) is 1. The van der Waals surface area contributed by atoms with Crippen molar-refractivity contribution in [1.29, 1.82) is 0 Å². The maximum absolute atomic E-state index is 14.0. The molecule has 1 N–H and O–H groups in total. The Labute approximate surface area is 151 Å². The van der Waals surface area contributed by atoms with Gasteiger partial charge in [-0.2, -0.15) is 0 Å². The van der Waals surface area contributed by atoms with E-state index in [0.717, 1.165) is 5.56 Å². The highest BCUT2D eigenvalue weighted by atomic mass is 19.1. The molecular weight excluding hydrogens is 335 g/mol. The number of carbonyl (C=O) groups excluding carboxylic acids is 1. The minimum Gasteiger partial charge on any atom is -0.478 e. The minimum atomic E-state index is -0.953. The van der Waals surface area contributed by atoms with Crippen LogP contribution in [0.2, 0.25) is 0 Å². The van der Waals surface area contributed by atoms with Gasteiger partial charge in [-0.25, -0.2) is 9.18 Å². The molecule has 0 spiro atoms. The zero-order chi connectivity index (χ0) is 18.7. The molecule has 136 valence electrons. The summed E-state index contributed by atoms with van der Waals surface area (Å²) in [6.07, 6.45) is 1.15. The second-order valence-electron chi connectivity index (χ2n) is 6.44. The lowest BCUT2D eigenvalue weighted by molar-refractivity contribution is -0.121. The first-order chi connectivity index (χ1) is 12.5. The van der Waals surface area contributed by atoms with Crippen LogP contribution in [0.15, 0.2) is 48.5 Å². The third-order valence-corrected chi connectivity index (χ3v) is 4.83. The fourth-order valence-electron chi connectivity index (χ4n) is 3.38. The second kappa shape index (κ2) is 7.66. The first-order valence-electron chi connectivity index (χ1n) is 8.56. The van der Waals surface area contributed by atoms with E-state index in [2.05, 4.69) is 0 Å². The van der Waals surface area contributed by atoms with E-state index in [1.165, 1.54) is 11.0 Å². The Morgan fingerprint density at radius 3 is 2.65 bits per heavy atom. The summed E-state index contributed by atoms with van der Waals surface area (Å²) in [6, 6.07) is 12.8. The number of carboxylic acids is 1. The van der Waals surface area contributed by atoms with Crippen LogP contribution in [0.1, 0.15) is 22.3 Å². The number of likely N-dealkylation sites (N-methyl/N-ethyl adjacent to an activating group) is 1. The number of carboxylic acid groups (broad SMARTS) is 1. The molecule has 1 aliphatic heterocycles. The van der Waals surface area contributed by atoms with Crippen LogP contribution in [-0.4, -0.2) is 48.1 Å². The van der Waals surface area contributed by atoms with Gasteiger partial charge in [-0.3, -0.25) is 9.69 Å². The zero-order valence-electron chi connectivity index (χ0n) is 14.6. The molecule has 1 saturated heterocycles.